The molecule has 0 saturated heterocycles. The fourth-order valence-electron chi connectivity index (χ4n) is 1.97. The second-order valence-electron chi connectivity index (χ2n) is 6.68. The lowest BCUT2D eigenvalue weighted by atomic mass is 9.88. The predicted molar refractivity (Wildman–Crippen MR) is 84.2 cm³/mol. The number of carbonyl (C=O) groups is 2. The van der Waals surface area contributed by atoms with Gasteiger partial charge in [-0.25, -0.2) is 9.59 Å². The number of hydrogen-bond acceptors (Lipinski definition) is 4. The molecule has 0 aliphatic heterocycles. The Morgan fingerprint density at radius 2 is 1.91 bits per heavy atom. The molecule has 23 heavy (non-hydrogen) atoms. The first-order valence-corrected chi connectivity index (χ1v) is 7.30. The van der Waals surface area contributed by atoms with E-state index < -0.39 is 29.2 Å². The second kappa shape index (κ2) is 7.26. The zero-order chi connectivity index (χ0) is 17.8. The van der Waals surface area contributed by atoms with Crippen LogP contribution in [0.25, 0.3) is 0 Å². The standard InChI is InChI=1S/C15H23N3O5/c1-15(2,3)7-5-10(13(21)22)16-11(19)9-18-8-6-12(20)17(4)14(18)23/h6,8,10H,5,7,9H2,1-4H3,(H,16,19)(H,21,22). The van der Waals surface area contributed by atoms with Crippen molar-refractivity contribution in [1.29, 1.82) is 0 Å². The third-order valence-corrected chi connectivity index (χ3v) is 3.39. The molecule has 0 saturated carbocycles. The van der Waals surface area contributed by atoms with Gasteiger partial charge in [-0.3, -0.25) is 18.7 Å². The lowest BCUT2D eigenvalue weighted by Crippen LogP contribution is -2.45. The molecule has 0 aliphatic rings. The molecule has 1 rings (SSSR count). The number of rotatable bonds is 6. The number of carboxylic acids is 1. The molecule has 1 amide bonds. The molecule has 2 N–H and O–H groups in total. The van der Waals surface area contributed by atoms with Crippen molar-refractivity contribution in [2.24, 2.45) is 12.5 Å². The fraction of sp³-hybridized carbons (Fsp3) is 0.600. The molecule has 0 aromatic carbocycles. The molecule has 0 bridgehead atoms. The summed E-state index contributed by atoms with van der Waals surface area (Å²) in [5, 5.41) is 11.6. The lowest BCUT2D eigenvalue weighted by molar-refractivity contribution is -0.142. The highest BCUT2D eigenvalue weighted by Gasteiger charge is 2.23. The monoisotopic (exact) mass is 325 g/mol. The van der Waals surface area contributed by atoms with Crippen LogP contribution < -0.4 is 16.6 Å². The van der Waals surface area contributed by atoms with Crippen molar-refractivity contribution >= 4 is 11.9 Å². The first-order valence-electron chi connectivity index (χ1n) is 7.30. The van der Waals surface area contributed by atoms with Crippen LogP contribution in [0.2, 0.25) is 0 Å². The number of carboxylic acid groups (broad SMARTS) is 1. The Hall–Kier alpha value is -2.38. The third kappa shape index (κ3) is 5.72. The van der Waals surface area contributed by atoms with Crippen molar-refractivity contribution in [3.05, 3.63) is 33.1 Å². The summed E-state index contributed by atoms with van der Waals surface area (Å²) in [5.74, 6) is -1.71. The van der Waals surface area contributed by atoms with Crippen molar-refractivity contribution in [3.8, 4) is 0 Å². The minimum absolute atomic E-state index is 0.0485. The minimum atomic E-state index is -1.12. The molecular weight excluding hydrogens is 302 g/mol. The Kier molecular flexibility index (Phi) is 5.89. The number of hydrogen-bond donors (Lipinski definition) is 2. The SMILES string of the molecule is Cn1c(=O)ccn(CC(=O)NC(CCC(C)(C)C)C(=O)O)c1=O. The molecule has 8 nitrogen and oxygen atoms in total. The number of nitrogens with one attached hydrogen (secondary N) is 1. The zero-order valence-electron chi connectivity index (χ0n) is 13.8. The smallest absolute Gasteiger partial charge is 0.331 e. The number of nitrogens with zero attached hydrogens (tertiary/aromatic N) is 2. The maximum atomic E-state index is 12.0. The molecule has 1 aromatic heterocycles. The normalized spacial score (nSPS) is 12.7. The maximum Gasteiger partial charge on any atom is 0.331 e. The largest absolute Gasteiger partial charge is 0.480 e. The van der Waals surface area contributed by atoms with E-state index in [9.17, 15) is 24.3 Å². The molecule has 1 aromatic rings. The summed E-state index contributed by atoms with van der Waals surface area (Å²) in [7, 11) is 1.31. The van der Waals surface area contributed by atoms with Gasteiger partial charge in [0.15, 0.2) is 0 Å². The van der Waals surface area contributed by atoms with E-state index in [4.69, 9.17) is 0 Å². The van der Waals surface area contributed by atoms with Crippen LogP contribution in [0, 0.1) is 5.41 Å². The van der Waals surface area contributed by atoms with Crippen LogP contribution in [0.1, 0.15) is 33.6 Å². The van der Waals surface area contributed by atoms with E-state index in [0.717, 1.165) is 9.13 Å². The highest BCUT2D eigenvalue weighted by atomic mass is 16.4. The third-order valence-electron chi connectivity index (χ3n) is 3.39. The van der Waals surface area contributed by atoms with Crippen molar-refractivity contribution in [2.75, 3.05) is 0 Å². The molecule has 1 unspecified atom stereocenters. The molecule has 0 fully saturated rings. The Morgan fingerprint density at radius 1 is 1.30 bits per heavy atom. The Morgan fingerprint density at radius 3 is 2.43 bits per heavy atom. The van der Waals surface area contributed by atoms with Gasteiger partial charge in [-0.2, -0.15) is 0 Å². The highest BCUT2D eigenvalue weighted by molar-refractivity contribution is 5.83. The van der Waals surface area contributed by atoms with E-state index in [1.54, 1.807) is 0 Å². The first kappa shape index (κ1) is 18.7. The topological polar surface area (TPSA) is 110 Å². The summed E-state index contributed by atoms with van der Waals surface area (Å²) in [6, 6.07) is 0.160. The van der Waals surface area contributed by atoms with Crippen LogP contribution in [0.15, 0.2) is 21.9 Å². The summed E-state index contributed by atoms with van der Waals surface area (Å²) in [5.41, 5.74) is -1.15. The molecular formula is C15H23N3O5. The van der Waals surface area contributed by atoms with Gasteiger partial charge in [0.1, 0.15) is 12.6 Å². The molecule has 0 aliphatic carbocycles. The number of amides is 1. The van der Waals surface area contributed by atoms with Crippen LogP contribution in [-0.4, -0.2) is 32.2 Å². The van der Waals surface area contributed by atoms with Gasteiger partial charge in [0.2, 0.25) is 5.91 Å². The maximum absolute atomic E-state index is 12.0. The van der Waals surface area contributed by atoms with Gasteiger partial charge in [-0.1, -0.05) is 20.8 Å². The number of carbonyl (C=O) groups excluding carboxylic acids is 1. The summed E-state index contributed by atoms with van der Waals surface area (Å²) in [6.07, 6.45) is 2.14. The van der Waals surface area contributed by atoms with Crippen LogP contribution in [0.3, 0.4) is 0 Å². The average Bonchev–Trinajstić information content (AvgIpc) is 2.43. The molecule has 128 valence electrons. The summed E-state index contributed by atoms with van der Waals surface area (Å²) >= 11 is 0. The lowest BCUT2D eigenvalue weighted by Gasteiger charge is -2.21. The quantitative estimate of drug-likeness (QED) is 0.761. The van der Waals surface area contributed by atoms with Crippen LogP contribution >= 0.6 is 0 Å². The average molecular weight is 325 g/mol. The van der Waals surface area contributed by atoms with Gasteiger partial charge in [-0.05, 0) is 18.3 Å². The van der Waals surface area contributed by atoms with E-state index in [1.807, 2.05) is 20.8 Å². The molecule has 0 radical (unpaired) electrons. The first-order chi connectivity index (χ1) is 10.5. The summed E-state index contributed by atoms with van der Waals surface area (Å²) in [4.78, 5) is 46.3. The summed E-state index contributed by atoms with van der Waals surface area (Å²) < 4.78 is 1.93. The van der Waals surface area contributed by atoms with Crippen LogP contribution in [-0.2, 0) is 23.2 Å². The number of aliphatic carboxylic acids is 1. The highest BCUT2D eigenvalue weighted by Crippen LogP contribution is 2.21. The van der Waals surface area contributed by atoms with E-state index in [0.29, 0.717) is 12.8 Å². The van der Waals surface area contributed by atoms with Crippen LogP contribution in [0.5, 0.6) is 0 Å². The molecule has 1 atom stereocenters. The molecule has 0 spiro atoms. The van der Waals surface area contributed by atoms with Gasteiger partial charge in [0, 0.05) is 19.3 Å². The van der Waals surface area contributed by atoms with Crippen molar-refractivity contribution in [2.45, 2.75) is 46.2 Å². The second-order valence-corrected chi connectivity index (χ2v) is 6.68. The van der Waals surface area contributed by atoms with Crippen molar-refractivity contribution in [3.63, 3.8) is 0 Å². The Labute approximate surface area is 133 Å². The van der Waals surface area contributed by atoms with Gasteiger partial charge in [-0.15, -0.1) is 0 Å². The fourth-order valence-corrected chi connectivity index (χ4v) is 1.97. The predicted octanol–water partition coefficient (Wildman–Crippen LogP) is -0.0573. The minimum Gasteiger partial charge on any atom is -0.480 e. The Balaban J connectivity index is 2.77. The van der Waals surface area contributed by atoms with Gasteiger partial charge >= 0.3 is 11.7 Å². The van der Waals surface area contributed by atoms with Gasteiger partial charge < -0.3 is 10.4 Å². The summed E-state index contributed by atoms with van der Waals surface area (Å²) in [6.45, 7) is 5.61. The van der Waals surface area contributed by atoms with Gasteiger partial charge in [0.25, 0.3) is 5.56 Å². The van der Waals surface area contributed by atoms with E-state index in [2.05, 4.69) is 5.32 Å². The molecule has 8 heteroatoms. The van der Waals surface area contributed by atoms with Gasteiger partial charge in [0.05, 0.1) is 0 Å². The van der Waals surface area contributed by atoms with Crippen molar-refractivity contribution in [1.82, 2.24) is 14.5 Å². The van der Waals surface area contributed by atoms with E-state index >= 15 is 0 Å². The molecule has 1 heterocycles. The number of aromatic nitrogens is 2. The van der Waals surface area contributed by atoms with E-state index in [-0.39, 0.29) is 12.0 Å². The Bertz CT molecular complexity index is 696. The zero-order valence-corrected chi connectivity index (χ0v) is 13.8. The van der Waals surface area contributed by atoms with Crippen molar-refractivity contribution < 1.29 is 14.7 Å². The van der Waals surface area contributed by atoms with Crippen LogP contribution in [0.4, 0.5) is 0 Å². The van der Waals surface area contributed by atoms with E-state index in [1.165, 1.54) is 19.3 Å².